The molecule has 4 aliphatic rings. The van der Waals surface area contributed by atoms with Gasteiger partial charge in [-0.15, -0.1) is 0 Å². The first kappa shape index (κ1) is 33.1. The Morgan fingerprint density at radius 2 is 1.68 bits per heavy atom. The number of hydrogen-bond donors (Lipinski definition) is 2. The summed E-state index contributed by atoms with van der Waals surface area (Å²) in [5.41, 5.74) is 6.78. The zero-order chi connectivity index (χ0) is 33.5. The van der Waals surface area contributed by atoms with Crippen LogP contribution in [0.25, 0.3) is 0 Å². The Balaban J connectivity index is 1.18. The molecule has 4 amide bonds. The Hall–Kier alpha value is -3.77. The second kappa shape index (κ2) is 13.0. The number of methoxy groups -OCH3 is 1. The Labute approximate surface area is 276 Å². The van der Waals surface area contributed by atoms with Gasteiger partial charge in [0.05, 0.1) is 30.3 Å². The van der Waals surface area contributed by atoms with Gasteiger partial charge in [0.15, 0.2) is 0 Å². The van der Waals surface area contributed by atoms with E-state index in [4.69, 9.17) is 10.5 Å². The maximum absolute atomic E-state index is 14.2. The van der Waals surface area contributed by atoms with Crippen molar-refractivity contribution in [1.29, 1.82) is 0 Å². The van der Waals surface area contributed by atoms with Crippen molar-refractivity contribution in [1.82, 2.24) is 29.8 Å². The smallest absolute Gasteiger partial charge is 0.257 e. The summed E-state index contributed by atoms with van der Waals surface area (Å²) < 4.78 is 7.31. The van der Waals surface area contributed by atoms with Crippen LogP contribution in [0.4, 0.5) is 0 Å². The van der Waals surface area contributed by atoms with E-state index in [2.05, 4.69) is 24.3 Å². The van der Waals surface area contributed by atoms with Crippen LogP contribution in [-0.4, -0.2) is 113 Å². The van der Waals surface area contributed by atoms with E-state index in [1.807, 2.05) is 35.2 Å². The molecule has 1 aromatic heterocycles. The Bertz CT molecular complexity index is 1480. The zero-order valence-corrected chi connectivity index (χ0v) is 28.1. The van der Waals surface area contributed by atoms with Gasteiger partial charge in [0.1, 0.15) is 6.04 Å². The van der Waals surface area contributed by atoms with Gasteiger partial charge in [-0.1, -0.05) is 44.2 Å². The number of benzene rings is 1. The summed E-state index contributed by atoms with van der Waals surface area (Å²) in [4.78, 5) is 60.4. The molecule has 2 aromatic rings. The Morgan fingerprint density at radius 3 is 2.30 bits per heavy atom. The summed E-state index contributed by atoms with van der Waals surface area (Å²) in [5.74, 6) is -0.751. The van der Waals surface area contributed by atoms with E-state index in [-0.39, 0.29) is 41.5 Å². The predicted molar refractivity (Wildman–Crippen MR) is 175 cm³/mol. The zero-order valence-electron chi connectivity index (χ0n) is 28.1. The standard InChI is InChI=1S/C35H49N7O5/c1-23(47-4)29(33(46)39-12-10-24(15-36)11-13-39)38-30(43)28-19-40(20-35(28)21-41(22-35)32(45)27-14-34(27,2)3)31(44)26-16-37-42(18-26)17-25-8-6-5-7-9-25/h5-9,16,18,23-24,27-29H,10-15,17,19-22,36H2,1-4H3,(H,38,43)/t23-,27-,28+,29+/m1/s1. The SMILES string of the molecule is CO[C@H](C)[C@H](NC(=O)[C@@H]1CN(C(=O)c2cnn(Cc3ccccc3)c2)CC12CN(C(=O)[C@H]1CC1(C)C)C2)C(=O)N1CCC(CN)CC1. The van der Waals surface area contributed by atoms with E-state index >= 15 is 0 Å². The normalized spacial score (nSPS) is 24.5. The average Bonchev–Trinajstić information content (AvgIpc) is 3.37. The van der Waals surface area contributed by atoms with Crippen LogP contribution >= 0.6 is 0 Å². The number of hydrogen-bond acceptors (Lipinski definition) is 7. The maximum atomic E-state index is 14.2. The predicted octanol–water partition coefficient (Wildman–Crippen LogP) is 1.60. The number of ether oxygens (including phenoxy) is 1. The lowest BCUT2D eigenvalue weighted by atomic mass is 9.70. The molecule has 1 spiro atoms. The van der Waals surface area contributed by atoms with Crippen molar-refractivity contribution in [2.24, 2.45) is 34.3 Å². The Kier molecular flexibility index (Phi) is 9.19. The van der Waals surface area contributed by atoms with Crippen molar-refractivity contribution in [3.8, 4) is 0 Å². The quantitative estimate of drug-likeness (QED) is 0.399. The van der Waals surface area contributed by atoms with Crippen LogP contribution in [0, 0.1) is 28.6 Å². The summed E-state index contributed by atoms with van der Waals surface area (Å²) in [6.45, 7) is 9.63. The van der Waals surface area contributed by atoms with E-state index in [1.54, 1.807) is 33.8 Å². The lowest BCUT2D eigenvalue weighted by Crippen LogP contribution is -2.65. The van der Waals surface area contributed by atoms with E-state index < -0.39 is 23.5 Å². The third kappa shape index (κ3) is 6.67. The molecule has 3 N–H and O–H groups in total. The summed E-state index contributed by atoms with van der Waals surface area (Å²) in [6, 6.07) is 9.03. The van der Waals surface area contributed by atoms with Crippen molar-refractivity contribution < 1.29 is 23.9 Å². The van der Waals surface area contributed by atoms with E-state index in [9.17, 15) is 19.2 Å². The molecule has 4 atom stereocenters. The minimum absolute atomic E-state index is 0.00328. The van der Waals surface area contributed by atoms with Crippen LogP contribution in [0.5, 0.6) is 0 Å². The summed E-state index contributed by atoms with van der Waals surface area (Å²) in [5, 5.41) is 7.46. The second-order valence-electron chi connectivity index (χ2n) is 14.9. The number of amides is 4. The molecule has 254 valence electrons. The highest BCUT2D eigenvalue weighted by molar-refractivity contribution is 5.96. The molecule has 6 rings (SSSR count). The van der Waals surface area contributed by atoms with Gasteiger partial charge >= 0.3 is 0 Å². The second-order valence-corrected chi connectivity index (χ2v) is 14.9. The lowest BCUT2D eigenvalue weighted by molar-refractivity contribution is -0.152. The molecule has 4 heterocycles. The number of nitrogens with two attached hydrogens (primary N) is 1. The number of aromatic nitrogens is 2. The number of piperidine rings is 1. The van der Waals surface area contributed by atoms with E-state index in [1.165, 1.54) is 7.11 Å². The third-order valence-corrected chi connectivity index (χ3v) is 11.1. The topological polar surface area (TPSA) is 143 Å². The molecule has 12 nitrogen and oxygen atoms in total. The van der Waals surface area contributed by atoms with Gasteiger partial charge in [0, 0.05) is 63.9 Å². The van der Waals surface area contributed by atoms with Crippen LogP contribution < -0.4 is 11.1 Å². The molecular formula is C35H49N7O5. The van der Waals surface area contributed by atoms with Crippen LogP contribution in [-0.2, 0) is 25.7 Å². The van der Waals surface area contributed by atoms with Gasteiger partial charge < -0.3 is 30.5 Å². The molecular weight excluding hydrogens is 598 g/mol. The average molecular weight is 648 g/mol. The highest BCUT2D eigenvalue weighted by atomic mass is 16.5. The van der Waals surface area contributed by atoms with Gasteiger partial charge in [-0.25, -0.2) is 0 Å². The number of carbonyl (C=O) groups excluding carboxylic acids is 4. The molecule has 3 saturated heterocycles. The first-order valence-electron chi connectivity index (χ1n) is 16.9. The minimum Gasteiger partial charge on any atom is -0.379 e. The highest BCUT2D eigenvalue weighted by Crippen LogP contribution is 2.54. The fraction of sp³-hybridized carbons (Fsp3) is 0.629. The molecule has 47 heavy (non-hydrogen) atoms. The summed E-state index contributed by atoms with van der Waals surface area (Å²) in [7, 11) is 1.53. The Morgan fingerprint density at radius 1 is 1.02 bits per heavy atom. The molecule has 1 aromatic carbocycles. The molecule has 1 saturated carbocycles. The van der Waals surface area contributed by atoms with Crippen LogP contribution in [0.1, 0.15) is 56.0 Å². The fourth-order valence-electron chi connectivity index (χ4n) is 7.65. The number of carbonyl (C=O) groups is 4. The van der Waals surface area contributed by atoms with Crippen molar-refractivity contribution in [2.75, 3.05) is 52.9 Å². The van der Waals surface area contributed by atoms with Crippen molar-refractivity contribution >= 4 is 23.6 Å². The van der Waals surface area contributed by atoms with Gasteiger partial charge in [-0.05, 0) is 49.6 Å². The van der Waals surface area contributed by atoms with Crippen molar-refractivity contribution in [3.05, 3.63) is 53.9 Å². The van der Waals surface area contributed by atoms with E-state index in [0.29, 0.717) is 57.3 Å². The van der Waals surface area contributed by atoms with E-state index in [0.717, 1.165) is 24.8 Å². The minimum atomic E-state index is -0.870. The van der Waals surface area contributed by atoms with Gasteiger partial charge in [0.2, 0.25) is 17.7 Å². The first-order valence-corrected chi connectivity index (χ1v) is 16.9. The van der Waals surface area contributed by atoms with Crippen molar-refractivity contribution in [3.63, 3.8) is 0 Å². The molecule has 12 heteroatoms. The number of rotatable bonds is 10. The molecule has 3 aliphatic heterocycles. The lowest BCUT2D eigenvalue weighted by Gasteiger charge is -2.50. The summed E-state index contributed by atoms with van der Waals surface area (Å²) >= 11 is 0. The molecule has 1 aliphatic carbocycles. The van der Waals surface area contributed by atoms with Crippen LogP contribution in [0.2, 0.25) is 0 Å². The largest absolute Gasteiger partial charge is 0.379 e. The third-order valence-electron chi connectivity index (χ3n) is 11.1. The number of likely N-dealkylation sites (tertiary alicyclic amines) is 3. The first-order chi connectivity index (χ1) is 22.4. The van der Waals surface area contributed by atoms with Crippen LogP contribution in [0.15, 0.2) is 42.7 Å². The van der Waals surface area contributed by atoms with Gasteiger partial charge in [-0.2, -0.15) is 5.10 Å². The number of nitrogens with zero attached hydrogens (tertiary/aromatic N) is 5. The van der Waals surface area contributed by atoms with Gasteiger partial charge in [-0.3, -0.25) is 23.9 Å². The molecule has 0 bridgehead atoms. The monoisotopic (exact) mass is 647 g/mol. The molecule has 0 unspecified atom stereocenters. The molecule has 4 fully saturated rings. The molecule has 0 radical (unpaired) electrons. The maximum Gasteiger partial charge on any atom is 0.257 e. The van der Waals surface area contributed by atoms with Crippen LogP contribution in [0.3, 0.4) is 0 Å². The fourth-order valence-corrected chi connectivity index (χ4v) is 7.65. The van der Waals surface area contributed by atoms with Gasteiger partial charge in [0.25, 0.3) is 5.91 Å². The number of nitrogens with one attached hydrogen (secondary N) is 1. The summed E-state index contributed by atoms with van der Waals surface area (Å²) in [6.07, 6.45) is 5.27. The van der Waals surface area contributed by atoms with Crippen molar-refractivity contribution in [2.45, 2.75) is 58.7 Å². The highest BCUT2D eigenvalue weighted by Gasteiger charge is 2.62.